The summed E-state index contributed by atoms with van der Waals surface area (Å²) in [7, 11) is 0. The quantitative estimate of drug-likeness (QED) is 0.693. The highest BCUT2D eigenvalue weighted by atomic mass is 15.1. The van der Waals surface area contributed by atoms with Crippen molar-refractivity contribution >= 4 is 5.95 Å². The Bertz CT molecular complexity index is 218. The molecule has 12 heavy (non-hydrogen) atoms. The van der Waals surface area contributed by atoms with E-state index in [1.807, 2.05) is 19.3 Å². The van der Waals surface area contributed by atoms with Crippen LogP contribution in [-0.2, 0) is 0 Å². The van der Waals surface area contributed by atoms with Gasteiger partial charge in [-0.2, -0.15) is 0 Å². The van der Waals surface area contributed by atoms with Gasteiger partial charge in [-0.1, -0.05) is 13.3 Å². The van der Waals surface area contributed by atoms with Crippen LogP contribution in [0.25, 0.3) is 0 Å². The molecule has 0 radical (unpaired) electrons. The number of nitrogens with one attached hydrogen (secondary N) is 1. The molecule has 0 amide bonds. The van der Waals surface area contributed by atoms with Crippen LogP contribution >= 0.6 is 0 Å². The molecule has 1 N–H and O–H groups in total. The molecule has 1 rings (SSSR count). The molecule has 0 aliphatic heterocycles. The van der Waals surface area contributed by atoms with Gasteiger partial charge in [0, 0.05) is 18.9 Å². The number of aromatic nitrogens is 2. The lowest BCUT2D eigenvalue weighted by Crippen LogP contribution is -2.04. The Morgan fingerprint density at radius 2 is 2.00 bits per heavy atom. The second kappa shape index (κ2) is 4.70. The van der Waals surface area contributed by atoms with E-state index in [9.17, 15) is 0 Å². The molecule has 1 aromatic rings. The molecule has 66 valence electrons. The molecule has 0 spiro atoms. The van der Waals surface area contributed by atoms with Crippen LogP contribution in [0.5, 0.6) is 0 Å². The van der Waals surface area contributed by atoms with Gasteiger partial charge in [-0.05, 0) is 18.9 Å². The van der Waals surface area contributed by atoms with Gasteiger partial charge in [0.25, 0.3) is 0 Å². The minimum absolute atomic E-state index is 0.731. The lowest BCUT2D eigenvalue weighted by atomic mass is 10.3. The normalized spacial score (nSPS) is 9.83. The predicted octanol–water partition coefficient (Wildman–Crippen LogP) is 2.00. The van der Waals surface area contributed by atoms with E-state index >= 15 is 0 Å². The van der Waals surface area contributed by atoms with Crippen LogP contribution in [0.3, 0.4) is 0 Å². The minimum atomic E-state index is 0.731. The number of anilines is 1. The summed E-state index contributed by atoms with van der Waals surface area (Å²) in [5.74, 6) is 0.731. The fraction of sp³-hybridized carbons (Fsp3) is 0.556. The van der Waals surface area contributed by atoms with E-state index in [0.29, 0.717) is 0 Å². The zero-order chi connectivity index (χ0) is 8.81. The number of nitrogens with zero attached hydrogens (tertiary/aromatic N) is 2. The average Bonchev–Trinajstić information content (AvgIpc) is 2.09. The van der Waals surface area contributed by atoms with Crippen molar-refractivity contribution in [3.63, 3.8) is 0 Å². The van der Waals surface area contributed by atoms with E-state index in [2.05, 4.69) is 22.2 Å². The molecule has 3 nitrogen and oxygen atoms in total. The smallest absolute Gasteiger partial charge is 0.222 e. The third-order valence-corrected chi connectivity index (χ3v) is 1.59. The monoisotopic (exact) mass is 165 g/mol. The molecule has 0 bridgehead atoms. The van der Waals surface area contributed by atoms with Gasteiger partial charge in [-0.15, -0.1) is 0 Å². The first-order chi connectivity index (χ1) is 5.83. The van der Waals surface area contributed by atoms with Gasteiger partial charge >= 0.3 is 0 Å². The number of unbranched alkanes of at least 4 members (excludes halogenated alkanes) is 1. The third kappa shape index (κ3) is 2.86. The van der Waals surface area contributed by atoms with E-state index in [-0.39, 0.29) is 0 Å². The maximum Gasteiger partial charge on any atom is 0.222 e. The molecule has 0 unspecified atom stereocenters. The Morgan fingerprint density at radius 1 is 1.33 bits per heavy atom. The molecule has 0 aliphatic rings. The van der Waals surface area contributed by atoms with Gasteiger partial charge in [0.15, 0.2) is 0 Å². The molecule has 1 aromatic heterocycles. The highest BCUT2D eigenvalue weighted by Gasteiger charge is 1.92. The topological polar surface area (TPSA) is 37.8 Å². The molecule has 0 aliphatic carbocycles. The van der Waals surface area contributed by atoms with Gasteiger partial charge in [0.05, 0.1) is 0 Å². The summed E-state index contributed by atoms with van der Waals surface area (Å²) in [6, 6.07) is 0. The molecule has 3 heteroatoms. The summed E-state index contributed by atoms with van der Waals surface area (Å²) in [5, 5.41) is 3.15. The molecule has 0 atom stereocenters. The van der Waals surface area contributed by atoms with Crippen molar-refractivity contribution in [1.82, 2.24) is 9.97 Å². The largest absolute Gasteiger partial charge is 0.354 e. The van der Waals surface area contributed by atoms with Crippen LogP contribution < -0.4 is 5.32 Å². The predicted molar refractivity (Wildman–Crippen MR) is 50.2 cm³/mol. The fourth-order valence-corrected chi connectivity index (χ4v) is 0.861. The number of hydrogen-bond acceptors (Lipinski definition) is 3. The molecule has 1 heterocycles. The highest BCUT2D eigenvalue weighted by Crippen LogP contribution is 1.98. The lowest BCUT2D eigenvalue weighted by Gasteiger charge is -2.02. The standard InChI is InChI=1S/C9H15N3/c1-3-4-5-10-9-11-6-8(2)7-12-9/h6-7H,3-5H2,1-2H3,(H,10,11,12). The molecule has 0 fully saturated rings. The first-order valence-corrected chi connectivity index (χ1v) is 4.35. The summed E-state index contributed by atoms with van der Waals surface area (Å²) >= 11 is 0. The van der Waals surface area contributed by atoms with Crippen LogP contribution in [0, 0.1) is 6.92 Å². The van der Waals surface area contributed by atoms with E-state index in [1.54, 1.807) is 0 Å². The average molecular weight is 165 g/mol. The van der Waals surface area contributed by atoms with Gasteiger partial charge in [-0.25, -0.2) is 9.97 Å². The molecule has 0 saturated carbocycles. The second-order valence-electron chi connectivity index (χ2n) is 2.86. The van der Waals surface area contributed by atoms with Gasteiger partial charge in [-0.3, -0.25) is 0 Å². The SMILES string of the molecule is CCCCNc1ncc(C)cn1. The maximum atomic E-state index is 4.13. The maximum absolute atomic E-state index is 4.13. The number of aryl methyl sites for hydroxylation is 1. The third-order valence-electron chi connectivity index (χ3n) is 1.59. The first kappa shape index (κ1) is 8.97. The Balaban J connectivity index is 2.37. The van der Waals surface area contributed by atoms with Crippen molar-refractivity contribution < 1.29 is 0 Å². The van der Waals surface area contributed by atoms with E-state index in [0.717, 1.165) is 24.5 Å². The highest BCUT2D eigenvalue weighted by molar-refractivity contribution is 5.23. The van der Waals surface area contributed by atoms with Crippen LogP contribution in [0.1, 0.15) is 25.3 Å². The summed E-state index contributed by atoms with van der Waals surface area (Å²) in [6.45, 7) is 5.10. The Labute approximate surface area is 73.2 Å². The van der Waals surface area contributed by atoms with Crippen molar-refractivity contribution in [3.8, 4) is 0 Å². The van der Waals surface area contributed by atoms with Crippen molar-refractivity contribution in [2.45, 2.75) is 26.7 Å². The van der Waals surface area contributed by atoms with Gasteiger partial charge in [0.2, 0.25) is 5.95 Å². The summed E-state index contributed by atoms with van der Waals surface area (Å²) in [5.41, 5.74) is 1.09. The minimum Gasteiger partial charge on any atom is -0.354 e. The van der Waals surface area contributed by atoms with E-state index in [1.165, 1.54) is 6.42 Å². The van der Waals surface area contributed by atoms with Crippen molar-refractivity contribution in [3.05, 3.63) is 18.0 Å². The Hall–Kier alpha value is -1.12. The van der Waals surface area contributed by atoms with Crippen LogP contribution in [0.4, 0.5) is 5.95 Å². The molecular formula is C9H15N3. The van der Waals surface area contributed by atoms with E-state index < -0.39 is 0 Å². The van der Waals surface area contributed by atoms with Gasteiger partial charge < -0.3 is 5.32 Å². The van der Waals surface area contributed by atoms with Crippen molar-refractivity contribution in [2.24, 2.45) is 0 Å². The van der Waals surface area contributed by atoms with Gasteiger partial charge in [0.1, 0.15) is 0 Å². The van der Waals surface area contributed by atoms with Crippen LogP contribution in [0.2, 0.25) is 0 Å². The number of rotatable bonds is 4. The van der Waals surface area contributed by atoms with Crippen molar-refractivity contribution in [1.29, 1.82) is 0 Å². The zero-order valence-electron chi connectivity index (χ0n) is 7.67. The fourth-order valence-electron chi connectivity index (χ4n) is 0.861. The second-order valence-corrected chi connectivity index (χ2v) is 2.86. The van der Waals surface area contributed by atoms with Crippen LogP contribution in [-0.4, -0.2) is 16.5 Å². The van der Waals surface area contributed by atoms with E-state index in [4.69, 9.17) is 0 Å². The Kier molecular flexibility index (Phi) is 3.51. The van der Waals surface area contributed by atoms with Crippen molar-refractivity contribution in [2.75, 3.05) is 11.9 Å². The summed E-state index contributed by atoms with van der Waals surface area (Å²) in [6.07, 6.45) is 6.00. The summed E-state index contributed by atoms with van der Waals surface area (Å²) in [4.78, 5) is 8.26. The Morgan fingerprint density at radius 3 is 2.58 bits per heavy atom. The molecule has 0 saturated heterocycles. The van der Waals surface area contributed by atoms with Crippen LogP contribution in [0.15, 0.2) is 12.4 Å². The zero-order valence-corrected chi connectivity index (χ0v) is 7.67. The molecule has 0 aromatic carbocycles. The molecular weight excluding hydrogens is 150 g/mol. The first-order valence-electron chi connectivity index (χ1n) is 4.35. The summed E-state index contributed by atoms with van der Waals surface area (Å²) < 4.78 is 0. The number of hydrogen-bond donors (Lipinski definition) is 1. The lowest BCUT2D eigenvalue weighted by molar-refractivity contribution is 0.826.